The van der Waals surface area contributed by atoms with Crippen LogP contribution >= 0.6 is 0 Å². The van der Waals surface area contributed by atoms with Gasteiger partial charge in [-0.25, -0.2) is 8.42 Å². The van der Waals surface area contributed by atoms with Crippen LogP contribution in [0.25, 0.3) is 21.9 Å². The summed E-state index contributed by atoms with van der Waals surface area (Å²) in [6.45, 7) is 0. The monoisotopic (exact) mass is 381 g/mol. The number of nitrogens with zero attached hydrogens (tertiary/aromatic N) is 1. The quantitative estimate of drug-likeness (QED) is 0.515. The minimum Gasteiger partial charge on any atom is -0.464 e. The van der Waals surface area contributed by atoms with Crippen molar-refractivity contribution < 1.29 is 22.9 Å². The summed E-state index contributed by atoms with van der Waals surface area (Å²) < 4.78 is 32.0. The Morgan fingerprint density at radius 3 is 2.63 bits per heavy atom. The average molecular weight is 381 g/mol. The van der Waals surface area contributed by atoms with E-state index in [-0.39, 0.29) is 11.3 Å². The fourth-order valence-corrected chi connectivity index (χ4v) is 5.01. The Bertz CT molecular complexity index is 1210. The lowest BCUT2D eigenvalue weighted by Gasteiger charge is -2.17. The second-order valence-corrected chi connectivity index (χ2v) is 8.42. The third-order valence-electron chi connectivity index (χ3n) is 4.62. The highest BCUT2D eigenvalue weighted by Crippen LogP contribution is 2.29. The molecule has 0 radical (unpaired) electrons. The van der Waals surface area contributed by atoms with Crippen molar-refractivity contribution in [2.24, 2.45) is 0 Å². The SMILES string of the molecule is O=S(=O)(c1cccc2cccnc12)C(Cc1coc2ccccc12)B(O)O. The number of hydrogen-bond acceptors (Lipinski definition) is 6. The van der Waals surface area contributed by atoms with Crippen LogP contribution < -0.4 is 0 Å². The van der Waals surface area contributed by atoms with Crippen molar-refractivity contribution in [2.45, 2.75) is 16.5 Å². The number of aromatic nitrogens is 1. The normalized spacial score (nSPS) is 13.1. The van der Waals surface area contributed by atoms with E-state index in [2.05, 4.69) is 4.98 Å². The zero-order valence-electron chi connectivity index (χ0n) is 14.2. The van der Waals surface area contributed by atoms with Gasteiger partial charge in [-0.15, -0.1) is 0 Å². The molecule has 0 aliphatic heterocycles. The minimum atomic E-state index is -4.08. The van der Waals surface area contributed by atoms with Crippen LogP contribution in [0.3, 0.4) is 0 Å². The highest BCUT2D eigenvalue weighted by atomic mass is 32.2. The molecule has 4 aromatic rings. The molecular weight excluding hydrogens is 365 g/mol. The molecule has 2 N–H and O–H groups in total. The largest absolute Gasteiger partial charge is 0.471 e. The number of benzene rings is 2. The predicted molar refractivity (Wildman–Crippen MR) is 103 cm³/mol. The summed E-state index contributed by atoms with van der Waals surface area (Å²) in [5.74, 6) is 0. The lowest BCUT2D eigenvalue weighted by molar-refractivity contribution is 0.398. The molecule has 0 bridgehead atoms. The molecule has 0 amide bonds. The molecule has 2 aromatic carbocycles. The van der Waals surface area contributed by atoms with E-state index >= 15 is 0 Å². The fourth-order valence-electron chi connectivity index (χ4n) is 3.25. The van der Waals surface area contributed by atoms with Gasteiger partial charge in [0.2, 0.25) is 0 Å². The maximum absolute atomic E-state index is 13.3. The average Bonchev–Trinajstić information content (AvgIpc) is 3.08. The van der Waals surface area contributed by atoms with Crippen LogP contribution in [0.4, 0.5) is 0 Å². The molecule has 4 rings (SSSR count). The van der Waals surface area contributed by atoms with E-state index in [9.17, 15) is 18.5 Å². The summed E-state index contributed by atoms with van der Waals surface area (Å²) >= 11 is 0. The molecule has 1 unspecified atom stereocenters. The minimum absolute atomic E-state index is 0.0218. The first-order valence-corrected chi connectivity index (χ1v) is 9.92. The van der Waals surface area contributed by atoms with Gasteiger partial charge in [0, 0.05) is 17.0 Å². The molecule has 0 saturated heterocycles. The van der Waals surface area contributed by atoms with Crippen molar-refractivity contribution in [1.29, 1.82) is 0 Å². The molecule has 2 aromatic heterocycles. The Morgan fingerprint density at radius 1 is 1.04 bits per heavy atom. The Hall–Kier alpha value is -2.68. The van der Waals surface area contributed by atoms with E-state index in [4.69, 9.17) is 4.42 Å². The molecule has 27 heavy (non-hydrogen) atoms. The second kappa shape index (κ2) is 6.81. The predicted octanol–water partition coefficient (Wildman–Crippen LogP) is 2.38. The van der Waals surface area contributed by atoms with E-state index in [1.165, 1.54) is 18.5 Å². The molecular formula is C19H16BNO5S. The standard InChI is InChI=1S/C19H16BNO5S/c22-20(23)18(11-14-12-26-16-8-2-1-7-15(14)16)27(24,25)17-9-3-5-13-6-4-10-21-19(13)17/h1-10,12,18,22-23H,11H2. The Labute approximate surface area is 156 Å². The van der Waals surface area contributed by atoms with Crippen molar-refractivity contribution in [1.82, 2.24) is 4.98 Å². The van der Waals surface area contributed by atoms with E-state index in [0.717, 1.165) is 5.39 Å². The van der Waals surface area contributed by atoms with Gasteiger partial charge in [-0.1, -0.05) is 36.4 Å². The van der Waals surface area contributed by atoms with Gasteiger partial charge < -0.3 is 14.5 Å². The van der Waals surface area contributed by atoms with Crippen LogP contribution in [0.2, 0.25) is 0 Å². The third-order valence-corrected chi connectivity index (χ3v) is 6.77. The fraction of sp³-hybridized carbons (Fsp3) is 0.105. The molecule has 2 heterocycles. The maximum Gasteiger partial charge on any atom is 0.471 e. The molecule has 0 fully saturated rings. The number of pyridine rings is 1. The lowest BCUT2D eigenvalue weighted by atomic mass is 9.81. The second-order valence-electron chi connectivity index (χ2n) is 6.29. The molecule has 0 saturated carbocycles. The maximum atomic E-state index is 13.3. The van der Waals surface area contributed by atoms with E-state index < -0.39 is 22.1 Å². The summed E-state index contributed by atoms with van der Waals surface area (Å²) in [7, 11) is -6.13. The van der Waals surface area contributed by atoms with Gasteiger partial charge in [-0.3, -0.25) is 4.98 Å². The molecule has 0 aliphatic carbocycles. The van der Waals surface area contributed by atoms with Gasteiger partial charge >= 0.3 is 7.12 Å². The molecule has 1 atom stereocenters. The first kappa shape index (κ1) is 17.7. The van der Waals surface area contributed by atoms with Crippen molar-refractivity contribution >= 4 is 38.8 Å². The number of para-hydroxylation sites is 2. The van der Waals surface area contributed by atoms with Gasteiger partial charge in [-0.05, 0) is 30.2 Å². The topological polar surface area (TPSA) is 101 Å². The smallest absolute Gasteiger partial charge is 0.464 e. The van der Waals surface area contributed by atoms with Crippen LogP contribution in [0, 0.1) is 0 Å². The van der Waals surface area contributed by atoms with Crippen LogP contribution in [0.5, 0.6) is 0 Å². The Morgan fingerprint density at radius 2 is 1.81 bits per heavy atom. The summed E-state index contributed by atoms with van der Waals surface area (Å²) in [5.41, 5.74) is 1.52. The number of fused-ring (bicyclic) bond motifs is 2. The lowest BCUT2D eigenvalue weighted by Crippen LogP contribution is -2.40. The third kappa shape index (κ3) is 3.12. The van der Waals surface area contributed by atoms with E-state index in [0.29, 0.717) is 22.0 Å². The van der Waals surface area contributed by atoms with E-state index in [1.54, 1.807) is 36.4 Å². The molecule has 0 spiro atoms. The Kier molecular flexibility index (Phi) is 4.47. The number of hydrogen-bond donors (Lipinski definition) is 2. The Balaban J connectivity index is 1.81. The molecule has 6 nitrogen and oxygen atoms in total. The van der Waals surface area contributed by atoms with Gasteiger partial charge in [0.05, 0.1) is 16.7 Å². The van der Waals surface area contributed by atoms with E-state index in [1.807, 2.05) is 12.1 Å². The van der Waals surface area contributed by atoms with Crippen LogP contribution in [-0.4, -0.2) is 35.7 Å². The summed E-state index contributed by atoms with van der Waals surface area (Å²) in [6, 6.07) is 15.5. The van der Waals surface area contributed by atoms with Crippen molar-refractivity contribution in [3.05, 3.63) is 72.6 Å². The van der Waals surface area contributed by atoms with Gasteiger partial charge in [0.15, 0.2) is 9.84 Å². The van der Waals surface area contributed by atoms with Gasteiger partial charge in [0.1, 0.15) is 10.7 Å². The van der Waals surface area contributed by atoms with Crippen molar-refractivity contribution in [3.8, 4) is 0 Å². The van der Waals surface area contributed by atoms with Crippen LogP contribution in [0.1, 0.15) is 5.56 Å². The van der Waals surface area contributed by atoms with Gasteiger partial charge in [0.25, 0.3) is 0 Å². The summed E-state index contributed by atoms with van der Waals surface area (Å²) in [5, 5.41) is 19.7. The zero-order valence-corrected chi connectivity index (χ0v) is 15.0. The van der Waals surface area contributed by atoms with Crippen molar-refractivity contribution in [3.63, 3.8) is 0 Å². The van der Waals surface area contributed by atoms with Gasteiger partial charge in [-0.2, -0.15) is 0 Å². The number of furan rings is 1. The molecule has 8 heteroatoms. The van der Waals surface area contributed by atoms with Crippen LogP contribution in [-0.2, 0) is 16.3 Å². The summed E-state index contributed by atoms with van der Waals surface area (Å²) in [6.07, 6.45) is 2.87. The van der Waals surface area contributed by atoms with Crippen molar-refractivity contribution in [2.75, 3.05) is 0 Å². The number of rotatable bonds is 5. The summed E-state index contributed by atoms with van der Waals surface area (Å²) in [4.78, 5) is 4.15. The highest BCUT2D eigenvalue weighted by molar-refractivity contribution is 7.93. The molecule has 0 aliphatic rings. The van der Waals surface area contributed by atoms with Crippen LogP contribution in [0.15, 0.2) is 76.4 Å². The number of sulfone groups is 1. The zero-order chi connectivity index (χ0) is 19.0. The highest BCUT2D eigenvalue weighted by Gasteiger charge is 2.39. The molecule has 136 valence electrons. The first-order chi connectivity index (χ1) is 13.0. The first-order valence-electron chi connectivity index (χ1n) is 8.37.